The predicted molar refractivity (Wildman–Crippen MR) is 132 cm³/mol. The van der Waals surface area contributed by atoms with Crippen LogP contribution in [0, 0.1) is 0 Å². The van der Waals surface area contributed by atoms with E-state index in [9.17, 15) is 24.9 Å². The highest BCUT2D eigenvalue weighted by Gasteiger charge is 2.46. The monoisotopic (exact) mass is 491 g/mol. The molecule has 0 amide bonds. The van der Waals surface area contributed by atoms with E-state index in [1.165, 1.54) is 4.57 Å². The summed E-state index contributed by atoms with van der Waals surface area (Å²) in [6, 6.07) is 4.41. The summed E-state index contributed by atoms with van der Waals surface area (Å²) in [6.07, 6.45) is 1.80. The van der Waals surface area contributed by atoms with Gasteiger partial charge in [0.05, 0.1) is 35.1 Å². The Bertz CT molecular complexity index is 1490. The summed E-state index contributed by atoms with van der Waals surface area (Å²) >= 11 is 0. The van der Waals surface area contributed by atoms with Crippen molar-refractivity contribution >= 4 is 16.9 Å². The molecule has 36 heavy (non-hydrogen) atoms. The van der Waals surface area contributed by atoms with Gasteiger partial charge in [-0.05, 0) is 56.1 Å². The lowest BCUT2D eigenvalue weighted by Gasteiger charge is -2.32. The molecule has 1 fully saturated rings. The van der Waals surface area contributed by atoms with Crippen LogP contribution in [0.3, 0.4) is 0 Å². The molecule has 6 rings (SSSR count). The van der Waals surface area contributed by atoms with E-state index in [4.69, 9.17) is 9.72 Å². The second-order valence-electron chi connectivity index (χ2n) is 9.88. The summed E-state index contributed by atoms with van der Waals surface area (Å²) < 4.78 is 6.69. The first-order chi connectivity index (χ1) is 17.3. The standard InChI is InChI=1S/C27H29N3O6/c1-3-14-22-15(11-29-8-5-9-29)21(32)7-6-18(22)28-24-19-10-17-16(13-36-26(34)27(17,35)4-2)25(33)30(19)20(12-31)23(14)24/h6-7,10,20,31-32,35H,3-5,8-9,11-13H2,1-2H3/t20-,27-/m0/s1. The van der Waals surface area contributed by atoms with Crippen LogP contribution in [0.4, 0.5) is 0 Å². The number of pyridine rings is 2. The number of cyclic esters (lactones) is 1. The predicted octanol–water partition coefficient (Wildman–Crippen LogP) is 2.09. The van der Waals surface area contributed by atoms with E-state index in [0.29, 0.717) is 29.9 Å². The number of aliphatic hydroxyl groups is 2. The number of hydrogen-bond donors (Lipinski definition) is 3. The van der Waals surface area contributed by atoms with Crippen molar-refractivity contribution in [3.63, 3.8) is 0 Å². The number of carbonyl (C=O) groups is 1. The Balaban J connectivity index is 1.66. The van der Waals surface area contributed by atoms with Crippen molar-refractivity contribution in [3.05, 3.63) is 56.4 Å². The number of likely N-dealkylation sites (tertiary alicyclic amines) is 1. The smallest absolute Gasteiger partial charge is 0.343 e. The average molecular weight is 492 g/mol. The minimum absolute atomic E-state index is 0.0580. The van der Waals surface area contributed by atoms with Crippen LogP contribution in [-0.2, 0) is 34.7 Å². The van der Waals surface area contributed by atoms with E-state index in [1.54, 1.807) is 25.1 Å². The van der Waals surface area contributed by atoms with Crippen molar-refractivity contribution in [2.45, 2.75) is 57.9 Å². The number of nitrogens with zero attached hydrogens (tertiary/aromatic N) is 3. The van der Waals surface area contributed by atoms with Crippen LogP contribution < -0.4 is 5.56 Å². The van der Waals surface area contributed by atoms with E-state index in [1.807, 2.05) is 6.92 Å². The van der Waals surface area contributed by atoms with Crippen LogP contribution in [0.2, 0.25) is 0 Å². The van der Waals surface area contributed by atoms with E-state index in [-0.39, 0.29) is 36.5 Å². The SMILES string of the molecule is CCc1c2c(nc3ccc(O)c(CN4CCC4)c13)-c1cc3c(c(=O)n1[C@H]2CO)COC(=O)[C@]3(O)CC. The zero-order chi connectivity index (χ0) is 25.4. The maximum absolute atomic E-state index is 13.7. The molecule has 0 radical (unpaired) electrons. The van der Waals surface area contributed by atoms with E-state index >= 15 is 0 Å². The number of phenols is 1. The molecule has 0 saturated carbocycles. The molecular formula is C27H29N3O6. The molecule has 1 aromatic carbocycles. The van der Waals surface area contributed by atoms with Gasteiger partial charge in [-0.2, -0.15) is 0 Å². The fraction of sp³-hybridized carbons (Fsp3) is 0.444. The molecule has 9 nitrogen and oxygen atoms in total. The number of fused-ring (bicyclic) bond motifs is 5. The number of carbonyl (C=O) groups excluding carboxylic acids is 1. The fourth-order valence-corrected chi connectivity index (χ4v) is 6.03. The summed E-state index contributed by atoms with van der Waals surface area (Å²) in [5, 5.41) is 33.3. The minimum Gasteiger partial charge on any atom is -0.508 e. The van der Waals surface area contributed by atoms with Crippen LogP contribution in [0.15, 0.2) is 23.0 Å². The highest BCUT2D eigenvalue weighted by Crippen LogP contribution is 2.46. The molecule has 0 unspecified atom stereocenters. The first-order valence-corrected chi connectivity index (χ1v) is 12.5. The maximum Gasteiger partial charge on any atom is 0.343 e. The van der Waals surface area contributed by atoms with Gasteiger partial charge in [-0.3, -0.25) is 14.3 Å². The van der Waals surface area contributed by atoms with Gasteiger partial charge in [0.1, 0.15) is 12.4 Å². The van der Waals surface area contributed by atoms with Gasteiger partial charge in [-0.15, -0.1) is 0 Å². The van der Waals surface area contributed by atoms with E-state index in [2.05, 4.69) is 4.90 Å². The lowest BCUT2D eigenvalue weighted by molar-refractivity contribution is -0.172. The van der Waals surface area contributed by atoms with E-state index < -0.39 is 23.2 Å². The van der Waals surface area contributed by atoms with Crippen LogP contribution in [0.1, 0.15) is 60.5 Å². The third kappa shape index (κ3) is 2.96. The number of aromatic nitrogens is 2. The number of hydrogen-bond acceptors (Lipinski definition) is 8. The quantitative estimate of drug-likeness (QED) is 0.464. The van der Waals surface area contributed by atoms with Gasteiger partial charge in [0.25, 0.3) is 5.56 Å². The van der Waals surface area contributed by atoms with Crippen molar-refractivity contribution in [3.8, 4) is 17.1 Å². The van der Waals surface area contributed by atoms with Crippen molar-refractivity contribution in [2.75, 3.05) is 19.7 Å². The first kappa shape index (κ1) is 23.1. The average Bonchev–Trinajstić information content (AvgIpc) is 3.17. The Morgan fingerprint density at radius 3 is 2.61 bits per heavy atom. The second-order valence-corrected chi connectivity index (χ2v) is 9.88. The number of aryl methyl sites for hydroxylation is 1. The van der Waals surface area contributed by atoms with Crippen LogP contribution in [0.5, 0.6) is 5.75 Å². The Morgan fingerprint density at radius 1 is 1.19 bits per heavy atom. The number of aliphatic hydroxyl groups excluding tert-OH is 1. The highest BCUT2D eigenvalue weighted by atomic mass is 16.6. The molecule has 0 aliphatic carbocycles. The summed E-state index contributed by atoms with van der Waals surface area (Å²) in [5.41, 5.74) is 2.32. The summed E-state index contributed by atoms with van der Waals surface area (Å²) in [6.45, 7) is 5.68. The largest absolute Gasteiger partial charge is 0.508 e. The molecule has 9 heteroatoms. The molecule has 0 spiro atoms. The Hall–Kier alpha value is -3.27. The van der Waals surface area contributed by atoms with Gasteiger partial charge in [0.15, 0.2) is 5.60 Å². The number of rotatable bonds is 5. The lowest BCUT2D eigenvalue weighted by atomic mass is 9.86. The third-order valence-electron chi connectivity index (χ3n) is 8.11. The zero-order valence-electron chi connectivity index (χ0n) is 20.4. The molecule has 3 aliphatic heterocycles. The first-order valence-electron chi connectivity index (χ1n) is 12.5. The molecule has 188 valence electrons. The minimum atomic E-state index is -1.92. The van der Waals surface area contributed by atoms with Gasteiger partial charge < -0.3 is 20.1 Å². The van der Waals surface area contributed by atoms with Gasteiger partial charge >= 0.3 is 5.97 Å². The highest BCUT2D eigenvalue weighted by molar-refractivity contribution is 5.93. The summed E-state index contributed by atoms with van der Waals surface area (Å²) in [4.78, 5) is 33.4. The number of aromatic hydroxyl groups is 1. The van der Waals surface area contributed by atoms with Crippen molar-refractivity contribution in [1.82, 2.24) is 14.5 Å². The molecule has 3 aromatic rings. The molecule has 3 aliphatic rings. The summed E-state index contributed by atoms with van der Waals surface area (Å²) in [7, 11) is 0. The summed E-state index contributed by atoms with van der Waals surface area (Å²) in [5.74, 6) is -0.566. The lowest BCUT2D eigenvalue weighted by Crippen LogP contribution is -2.44. The molecule has 2 atom stereocenters. The number of ether oxygens (including phenoxy) is 1. The van der Waals surface area contributed by atoms with Gasteiger partial charge in [-0.25, -0.2) is 9.78 Å². The second kappa shape index (κ2) is 8.12. The normalized spacial score (nSPS) is 22.7. The molecule has 5 heterocycles. The number of benzene rings is 1. The van der Waals surface area contributed by atoms with Crippen molar-refractivity contribution in [1.29, 1.82) is 0 Å². The molecule has 3 N–H and O–H groups in total. The van der Waals surface area contributed by atoms with Crippen LogP contribution >= 0.6 is 0 Å². The van der Waals surface area contributed by atoms with Crippen LogP contribution in [0.25, 0.3) is 22.3 Å². The molecular weight excluding hydrogens is 462 g/mol. The molecule has 2 aromatic heterocycles. The Labute approximate surface area is 207 Å². The number of esters is 1. The number of phenolic OH excluding ortho intramolecular Hbond substituents is 1. The Kier molecular flexibility index (Phi) is 5.22. The topological polar surface area (TPSA) is 125 Å². The van der Waals surface area contributed by atoms with Gasteiger partial charge in [-0.1, -0.05) is 13.8 Å². The van der Waals surface area contributed by atoms with Gasteiger partial charge in [0, 0.05) is 28.6 Å². The molecule has 1 saturated heterocycles. The Morgan fingerprint density at radius 2 is 1.97 bits per heavy atom. The fourth-order valence-electron chi connectivity index (χ4n) is 6.03. The molecule has 0 bridgehead atoms. The zero-order valence-corrected chi connectivity index (χ0v) is 20.4. The van der Waals surface area contributed by atoms with Crippen LogP contribution in [-0.4, -0.2) is 55.4 Å². The van der Waals surface area contributed by atoms with Crippen molar-refractivity contribution in [2.24, 2.45) is 0 Å². The van der Waals surface area contributed by atoms with Gasteiger partial charge in [0.2, 0.25) is 0 Å². The maximum atomic E-state index is 13.7. The third-order valence-corrected chi connectivity index (χ3v) is 8.11. The van der Waals surface area contributed by atoms with Crippen molar-refractivity contribution < 1.29 is 24.9 Å². The van der Waals surface area contributed by atoms with E-state index in [0.717, 1.165) is 41.6 Å².